The van der Waals surface area contributed by atoms with Crippen LogP contribution in [0.25, 0.3) is 0 Å². The summed E-state index contributed by atoms with van der Waals surface area (Å²) < 4.78 is 26.1. The fourth-order valence-corrected chi connectivity index (χ4v) is 4.52. The first-order valence-corrected chi connectivity index (χ1v) is 13.1. The number of anilines is 1. The quantitative estimate of drug-likeness (QED) is 0.519. The smallest absolute Gasteiger partial charge is 0.244 e. The first-order chi connectivity index (χ1) is 15.4. The van der Waals surface area contributed by atoms with Crippen LogP contribution in [0.1, 0.15) is 31.4 Å². The van der Waals surface area contributed by atoms with Crippen molar-refractivity contribution in [2.24, 2.45) is 0 Å². The molecule has 2 amide bonds. The van der Waals surface area contributed by atoms with E-state index in [0.717, 1.165) is 22.5 Å². The standard InChI is InChI=1S/C23H29Cl2N3O4S/c1-5-11-26-23(30)17(3)27(14-18-9-10-19(24)13-21(18)25)22(29)15-28(33(4,31)32)20-8-6-7-16(2)12-20/h6-10,12-13,17H,5,11,14-15H2,1-4H3,(H,26,30)/t17-/m1/s1. The number of hydrogen-bond acceptors (Lipinski definition) is 4. The Morgan fingerprint density at radius 3 is 2.39 bits per heavy atom. The molecule has 7 nitrogen and oxygen atoms in total. The van der Waals surface area contributed by atoms with Gasteiger partial charge in [0.1, 0.15) is 12.6 Å². The van der Waals surface area contributed by atoms with Crippen LogP contribution in [0.4, 0.5) is 5.69 Å². The van der Waals surface area contributed by atoms with Gasteiger partial charge in [0.05, 0.1) is 11.9 Å². The van der Waals surface area contributed by atoms with Crippen molar-refractivity contribution < 1.29 is 18.0 Å². The SMILES string of the molecule is CCCNC(=O)[C@@H](C)N(Cc1ccc(Cl)cc1Cl)C(=O)CN(c1cccc(C)c1)S(C)(=O)=O. The topological polar surface area (TPSA) is 86.8 Å². The molecular formula is C23H29Cl2N3O4S. The molecule has 0 aromatic heterocycles. The summed E-state index contributed by atoms with van der Waals surface area (Å²) in [4.78, 5) is 27.4. The Kier molecular flexibility index (Phi) is 9.57. The molecule has 0 aliphatic rings. The molecule has 0 fully saturated rings. The maximum atomic E-state index is 13.4. The average Bonchev–Trinajstić information content (AvgIpc) is 2.73. The highest BCUT2D eigenvalue weighted by Crippen LogP contribution is 2.24. The number of sulfonamides is 1. The zero-order chi connectivity index (χ0) is 24.8. The first kappa shape index (κ1) is 27.0. The van der Waals surface area contributed by atoms with Gasteiger partial charge in [0.2, 0.25) is 21.8 Å². The number of nitrogens with one attached hydrogen (secondary N) is 1. The van der Waals surface area contributed by atoms with Crippen LogP contribution < -0.4 is 9.62 Å². The molecule has 33 heavy (non-hydrogen) atoms. The molecule has 180 valence electrons. The van der Waals surface area contributed by atoms with E-state index in [9.17, 15) is 18.0 Å². The molecule has 0 bridgehead atoms. The van der Waals surface area contributed by atoms with Crippen molar-refractivity contribution in [1.82, 2.24) is 10.2 Å². The number of hydrogen-bond donors (Lipinski definition) is 1. The summed E-state index contributed by atoms with van der Waals surface area (Å²) >= 11 is 12.3. The van der Waals surface area contributed by atoms with E-state index in [-0.39, 0.29) is 12.5 Å². The molecule has 0 unspecified atom stereocenters. The van der Waals surface area contributed by atoms with Gasteiger partial charge in [-0.15, -0.1) is 0 Å². The molecule has 0 aliphatic carbocycles. The molecule has 10 heteroatoms. The largest absolute Gasteiger partial charge is 0.354 e. The lowest BCUT2D eigenvalue weighted by molar-refractivity contribution is -0.139. The second kappa shape index (κ2) is 11.7. The molecule has 0 heterocycles. The number of halogens is 2. The van der Waals surface area contributed by atoms with E-state index in [1.54, 1.807) is 43.3 Å². The molecule has 0 radical (unpaired) electrons. The van der Waals surface area contributed by atoms with Crippen molar-refractivity contribution in [3.63, 3.8) is 0 Å². The summed E-state index contributed by atoms with van der Waals surface area (Å²) in [6.07, 6.45) is 1.78. The Labute approximate surface area is 205 Å². The van der Waals surface area contributed by atoms with E-state index in [0.29, 0.717) is 27.8 Å². The van der Waals surface area contributed by atoms with Crippen molar-refractivity contribution in [2.75, 3.05) is 23.7 Å². The number of carbonyl (C=O) groups is 2. The van der Waals surface area contributed by atoms with E-state index >= 15 is 0 Å². The van der Waals surface area contributed by atoms with Gasteiger partial charge in [-0.3, -0.25) is 13.9 Å². The van der Waals surface area contributed by atoms with Crippen molar-refractivity contribution in [1.29, 1.82) is 0 Å². The first-order valence-electron chi connectivity index (χ1n) is 10.5. The molecule has 0 aliphatic heterocycles. The lowest BCUT2D eigenvalue weighted by Gasteiger charge is -2.31. The number of aryl methyl sites for hydroxylation is 1. The van der Waals surface area contributed by atoms with E-state index in [4.69, 9.17) is 23.2 Å². The van der Waals surface area contributed by atoms with Gasteiger partial charge in [0.15, 0.2) is 0 Å². The normalized spacial score (nSPS) is 12.2. The maximum Gasteiger partial charge on any atom is 0.244 e. The average molecular weight is 514 g/mol. The minimum Gasteiger partial charge on any atom is -0.354 e. The van der Waals surface area contributed by atoms with Crippen molar-refractivity contribution in [2.45, 2.75) is 39.8 Å². The number of carbonyl (C=O) groups excluding carboxylic acids is 2. The zero-order valence-corrected chi connectivity index (χ0v) is 21.5. The van der Waals surface area contributed by atoms with Crippen molar-refractivity contribution in [3.8, 4) is 0 Å². The van der Waals surface area contributed by atoms with Crippen LogP contribution in [-0.4, -0.2) is 50.5 Å². The number of rotatable bonds is 10. The molecule has 0 spiro atoms. The predicted molar refractivity (Wildman–Crippen MR) is 133 cm³/mol. The lowest BCUT2D eigenvalue weighted by Crippen LogP contribution is -2.51. The fourth-order valence-electron chi connectivity index (χ4n) is 3.21. The van der Waals surface area contributed by atoms with Crippen LogP contribution in [0.15, 0.2) is 42.5 Å². The molecule has 1 atom stereocenters. The third kappa shape index (κ3) is 7.62. The minimum atomic E-state index is -3.77. The van der Waals surface area contributed by atoms with Gasteiger partial charge in [-0.1, -0.05) is 48.3 Å². The van der Waals surface area contributed by atoms with Gasteiger partial charge in [-0.25, -0.2) is 8.42 Å². The summed E-state index contributed by atoms with van der Waals surface area (Å²) in [6.45, 7) is 5.38. The second-order valence-corrected chi connectivity index (χ2v) is 10.6. The number of nitrogens with zero attached hydrogens (tertiary/aromatic N) is 2. The van der Waals surface area contributed by atoms with Crippen LogP contribution >= 0.6 is 23.2 Å². The minimum absolute atomic E-state index is 0.0148. The highest BCUT2D eigenvalue weighted by molar-refractivity contribution is 7.92. The summed E-state index contributed by atoms with van der Waals surface area (Å²) in [7, 11) is -3.77. The van der Waals surface area contributed by atoms with Gasteiger partial charge in [-0.2, -0.15) is 0 Å². The summed E-state index contributed by atoms with van der Waals surface area (Å²) in [5.74, 6) is -0.871. The zero-order valence-electron chi connectivity index (χ0n) is 19.1. The Hall–Kier alpha value is -2.29. The molecule has 2 rings (SSSR count). The molecule has 1 N–H and O–H groups in total. The Morgan fingerprint density at radius 1 is 1.12 bits per heavy atom. The Bertz CT molecular complexity index is 1110. The molecule has 2 aromatic rings. The summed E-state index contributed by atoms with van der Waals surface area (Å²) in [6, 6.07) is 10.9. The van der Waals surface area contributed by atoms with Crippen molar-refractivity contribution >= 4 is 50.7 Å². The predicted octanol–water partition coefficient (Wildman–Crippen LogP) is 4.01. The number of amides is 2. The second-order valence-electron chi connectivity index (χ2n) is 7.83. The van der Waals surface area contributed by atoms with Crippen LogP contribution in [0.5, 0.6) is 0 Å². The van der Waals surface area contributed by atoms with Crippen molar-refractivity contribution in [3.05, 3.63) is 63.6 Å². The lowest BCUT2D eigenvalue weighted by atomic mass is 10.1. The molecular weight excluding hydrogens is 485 g/mol. The summed E-state index contributed by atoms with van der Waals surface area (Å²) in [5.41, 5.74) is 1.81. The van der Waals surface area contributed by atoms with Gasteiger partial charge >= 0.3 is 0 Å². The van der Waals surface area contributed by atoms with E-state index in [2.05, 4.69) is 5.32 Å². The van der Waals surface area contributed by atoms with Gasteiger partial charge < -0.3 is 10.2 Å². The van der Waals surface area contributed by atoms with E-state index < -0.39 is 28.5 Å². The van der Waals surface area contributed by atoms with Gasteiger partial charge in [0.25, 0.3) is 0 Å². The Balaban J connectivity index is 2.40. The molecule has 0 saturated carbocycles. The highest BCUT2D eigenvalue weighted by atomic mass is 35.5. The fraction of sp³-hybridized carbons (Fsp3) is 0.391. The highest BCUT2D eigenvalue weighted by Gasteiger charge is 2.30. The monoisotopic (exact) mass is 513 g/mol. The van der Waals surface area contributed by atoms with Crippen LogP contribution in [0, 0.1) is 6.92 Å². The molecule has 2 aromatic carbocycles. The Morgan fingerprint density at radius 2 is 1.82 bits per heavy atom. The summed E-state index contributed by atoms with van der Waals surface area (Å²) in [5, 5.41) is 3.57. The third-order valence-electron chi connectivity index (χ3n) is 5.04. The number of benzene rings is 2. The van der Waals surface area contributed by atoms with E-state index in [1.165, 1.54) is 4.90 Å². The van der Waals surface area contributed by atoms with Gasteiger partial charge in [-0.05, 0) is 55.7 Å². The third-order valence-corrected chi connectivity index (χ3v) is 6.77. The van der Waals surface area contributed by atoms with Crippen LogP contribution in [0.2, 0.25) is 10.0 Å². The van der Waals surface area contributed by atoms with Crippen LogP contribution in [-0.2, 0) is 26.2 Å². The van der Waals surface area contributed by atoms with Gasteiger partial charge in [0, 0.05) is 23.1 Å². The maximum absolute atomic E-state index is 13.4. The van der Waals surface area contributed by atoms with E-state index in [1.807, 2.05) is 19.9 Å². The van der Waals surface area contributed by atoms with Crippen LogP contribution in [0.3, 0.4) is 0 Å². The molecule has 0 saturated heterocycles.